The van der Waals surface area contributed by atoms with Crippen molar-refractivity contribution in [2.75, 3.05) is 0 Å². The molecular weight excluding hydrogens is 456 g/mol. The largest absolute Gasteiger partial charge is 0.284 e. The van der Waals surface area contributed by atoms with Crippen molar-refractivity contribution in [1.82, 2.24) is 0 Å². The molecule has 0 saturated carbocycles. The zero-order valence-electron chi connectivity index (χ0n) is 21.6. The van der Waals surface area contributed by atoms with Crippen molar-refractivity contribution in [2.24, 2.45) is 0 Å². The van der Waals surface area contributed by atoms with Gasteiger partial charge in [0.05, 0.1) is 22.3 Å². The number of hydrogen-bond acceptors (Lipinski definition) is 4. The lowest BCUT2D eigenvalue weighted by Gasteiger charge is -2.31. The van der Waals surface area contributed by atoms with Crippen LogP contribution < -0.4 is 21.7 Å². The highest BCUT2D eigenvalue weighted by Gasteiger charge is 2.35. The van der Waals surface area contributed by atoms with E-state index in [0.717, 1.165) is 0 Å². The molecule has 0 aliphatic heterocycles. The fraction of sp³-hybridized carbons (Fsp3) is 0.429. The van der Waals surface area contributed by atoms with Crippen LogP contribution in [0, 0.1) is 46.6 Å². The number of rotatable bonds is 0. The highest BCUT2D eigenvalue weighted by Crippen LogP contribution is 2.35. The summed E-state index contributed by atoms with van der Waals surface area (Å²) in [4.78, 5) is 47.9. The standard InChI is InChI=1S/C28H30O4Si2/c1-27(2,3)33(7,8)17-15-21-19(23(29)25(21)31)13-11-12-14-20-22(26(32)24(20)30)16-18-34(9,10)28(4,5)6/h1-10H3. The molecule has 2 aromatic carbocycles. The third-order valence-electron chi connectivity index (χ3n) is 7.01. The Balaban J connectivity index is 2.38. The third kappa shape index (κ3) is 5.15. The summed E-state index contributed by atoms with van der Waals surface area (Å²) in [5, 5.41) is 0.0284. The zero-order chi connectivity index (χ0) is 26.3. The van der Waals surface area contributed by atoms with Crippen LogP contribution in [0.25, 0.3) is 0 Å². The lowest BCUT2D eigenvalue weighted by Crippen LogP contribution is -2.39. The Morgan fingerprint density at radius 2 is 0.706 bits per heavy atom. The van der Waals surface area contributed by atoms with Gasteiger partial charge in [0.2, 0.25) is 21.7 Å². The topological polar surface area (TPSA) is 68.3 Å². The van der Waals surface area contributed by atoms with Gasteiger partial charge in [-0.15, -0.1) is 11.1 Å². The van der Waals surface area contributed by atoms with Gasteiger partial charge in [0.15, 0.2) is 0 Å². The van der Waals surface area contributed by atoms with Crippen LogP contribution in [0.2, 0.25) is 36.3 Å². The van der Waals surface area contributed by atoms with Crippen LogP contribution in [-0.4, -0.2) is 16.1 Å². The maximum absolute atomic E-state index is 12.0. The molecule has 0 bridgehead atoms. The van der Waals surface area contributed by atoms with E-state index in [1.165, 1.54) is 0 Å². The van der Waals surface area contributed by atoms with E-state index in [0.29, 0.717) is 0 Å². The molecule has 0 heterocycles. The van der Waals surface area contributed by atoms with Crippen LogP contribution in [0.3, 0.4) is 0 Å². The second-order valence-electron chi connectivity index (χ2n) is 11.6. The van der Waals surface area contributed by atoms with Crippen LogP contribution in [0.4, 0.5) is 0 Å². The minimum absolute atomic E-state index is 0.0142. The molecule has 0 aliphatic rings. The molecule has 0 N–H and O–H groups in total. The fourth-order valence-electron chi connectivity index (χ4n) is 2.26. The van der Waals surface area contributed by atoms with Crippen LogP contribution >= 0.6 is 0 Å². The fourth-order valence-corrected chi connectivity index (χ4v) is 3.89. The molecule has 34 heavy (non-hydrogen) atoms. The van der Waals surface area contributed by atoms with Gasteiger partial charge in [0.1, 0.15) is 16.1 Å². The molecule has 6 heteroatoms. The van der Waals surface area contributed by atoms with Crippen molar-refractivity contribution in [2.45, 2.75) is 77.8 Å². The molecular formula is C28H30O4Si2. The van der Waals surface area contributed by atoms with E-state index in [1.54, 1.807) is 0 Å². The first-order valence-electron chi connectivity index (χ1n) is 11.1. The van der Waals surface area contributed by atoms with E-state index in [2.05, 4.69) is 114 Å². The van der Waals surface area contributed by atoms with Crippen LogP contribution in [0.15, 0.2) is 19.2 Å². The summed E-state index contributed by atoms with van der Waals surface area (Å²) in [5.74, 6) is 16.0. The maximum Gasteiger partial charge on any atom is 0.244 e. The minimum atomic E-state index is -1.96. The summed E-state index contributed by atoms with van der Waals surface area (Å²) in [6.07, 6.45) is 0. The van der Waals surface area contributed by atoms with Gasteiger partial charge in [-0.2, -0.15) is 0 Å². The molecule has 0 spiro atoms. The van der Waals surface area contributed by atoms with E-state index in [-0.39, 0.29) is 32.3 Å². The van der Waals surface area contributed by atoms with Crippen molar-refractivity contribution in [3.05, 3.63) is 63.1 Å². The van der Waals surface area contributed by atoms with Gasteiger partial charge in [0, 0.05) is 0 Å². The Bertz CT molecular complexity index is 1440. The maximum atomic E-state index is 12.0. The molecule has 0 saturated heterocycles. The van der Waals surface area contributed by atoms with Gasteiger partial charge in [-0.25, -0.2) is 0 Å². The van der Waals surface area contributed by atoms with E-state index in [1.807, 2.05) is 0 Å². The normalized spacial score (nSPS) is 11.9. The molecule has 0 unspecified atom stereocenters. The Hall–Kier alpha value is -3.17. The summed E-state index contributed by atoms with van der Waals surface area (Å²) in [6, 6.07) is 0. The van der Waals surface area contributed by atoms with Gasteiger partial charge in [-0.1, -0.05) is 79.6 Å². The van der Waals surface area contributed by atoms with Gasteiger partial charge in [-0.05, 0) is 33.8 Å². The van der Waals surface area contributed by atoms with Crippen molar-refractivity contribution in [3.63, 3.8) is 0 Å². The smallest absolute Gasteiger partial charge is 0.244 e. The van der Waals surface area contributed by atoms with E-state index < -0.39 is 37.9 Å². The summed E-state index contributed by atoms with van der Waals surface area (Å²) in [6.45, 7) is 21.1. The molecule has 0 aromatic heterocycles. The summed E-state index contributed by atoms with van der Waals surface area (Å²) < 4.78 is 0. The lowest BCUT2D eigenvalue weighted by atomic mass is 10.0. The van der Waals surface area contributed by atoms with E-state index in [9.17, 15) is 19.2 Å². The summed E-state index contributed by atoms with van der Waals surface area (Å²) in [7, 11) is -3.92. The van der Waals surface area contributed by atoms with Crippen LogP contribution in [-0.2, 0) is 0 Å². The first-order chi connectivity index (χ1) is 15.3. The quantitative estimate of drug-likeness (QED) is 0.326. The predicted octanol–water partition coefficient (Wildman–Crippen LogP) is 3.08. The molecule has 0 atom stereocenters. The Labute approximate surface area is 203 Å². The average molecular weight is 487 g/mol. The first-order valence-corrected chi connectivity index (χ1v) is 17.1. The van der Waals surface area contributed by atoms with Crippen LogP contribution in [0.1, 0.15) is 63.8 Å². The lowest BCUT2D eigenvalue weighted by molar-refractivity contribution is 0.730. The average Bonchev–Trinajstić information content (AvgIpc) is 2.70. The van der Waals surface area contributed by atoms with E-state index in [4.69, 9.17) is 0 Å². The third-order valence-corrected chi connectivity index (χ3v) is 16.0. The summed E-state index contributed by atoms with van der Waals surface area (Å²) in [5.41, 5.74) is 4.16. The molecule has 0 radical (unpaired) electrons. The Morgan fingerprint density at radius 1 is 0.471 bits per heavy atom. The van der Waals surface area contributed by atoms with Gasteiger partial charge < -0.3 is 0 Å². The molecule has 2 aromatic rings. The molecule has 0 aliphatic carbocycles. The molecule has 4 nitrogen and oxygen atoms in total. The number of hydrogen-bond donors (Lipinski definition) is 0. The van der Waals surface area contributed by atoms with Gasteiger partial charge in [0.25, 0.3) is 0 Å². The summed E-state index contributed by atoms with van der Waals surface area (Å²) >= 11 is 0. The second-order valence-corrected chi connectivity index (χ2v) is 21.6. The highest BCUT2D eigenvalue weighted by molar-refractivity contribution is 6.88. The minimum Gasteiger partial charge on any atom is -0.284 e. The monoisotopic (exact) mass is 486 g/mol. The first kappa shape index (κ1) is 27.1. The molecule has 0 amide bonds. The highest BCUT2D eigenvalue weighted by atomic mass is 28.3. The Morgan fingerprint density at radius 3 is 0.941 bits per heavy atom. The Kier molecular flexibility index (Phi) is 7.08. The van der Waals surface area contributed by atoms with Crippen LogP contribution in [0.5, 0.6) is 0 Å². The predicted molar refractivity (Wildman–Crippen MR) is 145 cm³/mol. The van der Waals surface area contributed by atoms with Crippen molar-refractivity contribution >= 4 is 16.1 Å². The van der Waals surface area contributed by atoms with Crippen molar-refractivity contribution in [3.8, 4) is 46.6 Å². The van der Waals surface area contributed by atoms with Crippen molar-refractivity contribution in [1.29, 1.82) is 0 Å². The molecule has 2 rings (SSSR count). The zero-order valence-corrected chi connectivity index (χ0v) is 23.6. The molecule has 174 valence electrons. The van der Waals surface area contributed by atoms with Gasteiger partial charge in [-0.3, -0.25) is 19.2 Å². The van der Waals surface area contributed by atoms with E-state index >= 15 is 0 Å². The molecule has 0 fully saturated rings. The van der Waals surface area contributed by atoms with Gasteiger partial charge >= 0.3 is 0 Å². The second kappa shape index (κ2) is 8.89. The SMILES string of the molecule is CC(C)(C)[Si](C)(C)C#Cc1c(C#CC#Cc2c(C#C[Si](C)(C)C(C)(C)C)c(=O)c2=O)c(=O)c1=O. The van der Waals surface area contributed by atoms with Crippen molar-refractivity contribution < 1.29 is 0 Å².